The molecule has 37 heavy (non-hydrogen) atoms. The third kappa shape index (κ3) is 2.81. The minimum absolute atomic E-state index is 0.0147. The van der Waals surface area contributed by atoms with E-state index in [9.17, 15) is 14.7 Å². The molecule has 2 N–H and O–H groups in total. The van der Waals surface area contributed by atoms with Gasteiger partial charge in [0.2, 0.25) is 0 Å². The number of ether oxygens (including phenoxy) is 1. The van der Waals surface area contributed by atoms with Gasteiger partial charge in [0.05, 0.1) is 29.3 Å². The number of nitrogens with one attached hydrogen (secondary N) is 1. The Kier molecular flexibility index (Phi) is 4.27. The molecule has 0 radical (unpaired) electrons. The van der Waals surface area contributed by atoms with Crippen LogP contribution in [0.4, 0.5) is 4.79 Å². The van der Waals surface area contributed by atoms with Gasteiger partial charge >= 0.3 is 6.09 Å². The highest BCUT2D eigenvalue weighted by Gasteiger charge is 2.34. The minimum Gasteiger partial charge on any atom is -0.449 e. The van der Waals surface area contributed by atoms with Gasteiger partial charge in [0.15, 0.2) is 0 Å². The Balaban J connectivity index is 1.36. The summed E-state index contributed by atoms with van der Waals surface area (Å²) in [6.07, 6.45) is -0.246. The number of aliphatic hydroxyl groups is 1. The number of para-hydroxylation sites is 2. The van der Waals surface area contributed by atoms with Crippen LogP contribution in [0.1, 0.15) is 22.3 Å². The molecule has 2 aromatic heterocycles. The number of hydrogen-bond donors (Lipinski definition) is 2. The molecule has 3 aliphatic rings. The fourth-order valence-corrected chi connectivity index (χ4v) is 6.86. The molecule has 1 saturated heterocycles. The van der Waals surface area contributed by atoms with Crippen molar-refractivity contribution in [2.75, 3.05) is 19.7 Å². The molecule has 0 saturated carbocycles. The summed E-state index contributed by atoms with van der Waals surface area (Å²) >= 11 is 0. The number of nitrogens with zero attached hydrogens (tertiary/aromatic N) is 3. The van der Waals surface area contributed by atoms with E-state index in [-0.39, 0.29) is 24.5 Å². The Labute approximate surface area is 212 Å². The molecule has 5 aromatic rings. The predicted molar refractivity (Wildman–Crippen MR) is 141 cm³/mol. The molecule has 5 heterocycles. The van der Waals surface area contributed by atoms with Crippen molar-refractivity contribution in [2.45, 2.75) is 32.2 Å². The second-order valence-corrected chi connectivity index (χ2v) is 10.6. The lowest BCUT2D eigenvalue weighted by Crippen LogP contribution is -2.32. The van der Waals surface area contributed by atoms with Gasteiger partial charge < -0.3 is 29.2 Å². The van der Waals surface area contributed by atoms with Crippen molar-refractivity contribution >= 4 is 55.6 Å². The third-order valence-electron chi connectivity index (χ3n) is 8.42. The average molecular weight is 495 g/mol. The SMILES string of the molecule is O=C1NCc2c1c1c3ccccc3n3c1c1c2c2ccccc2n1CC(COC(=O)N1CC[C@@H](O)C1)C3. The molecule has 0 spiro atoms. The molecule has 186 valence electrons. The summed E-state index contributed by atoms with van der Waals surface area (Å²) in [5, 5.41) is 17.3. The van der Waals surface area contributed by atoms with E-state index in [1.165, 1.54) is 0 Å². The molecule has 2 atom stereocenters. The van der Waals surface area contributed by atoms with Crippen molar-refractivity contribution in [2.24, 2.45) is 5.92 Å². The Bertz CT molecular complexity index is 1800. The van der Waals surface area contributed by atoms with Gasteiger partial charge in [-0.2, -0.15) is 0 Å². The molecule has 0 bridgehead atoms. The van der Waals surface area contributed by atoms with Gasteiger partial charge in [-0.1, -0.05) is 36.4 Å². The number of aromatic nitrogens is 2. The zero-order valence-electron chi connectivity index (χ0n) is 20.2. The largest absolute Gasteiger partial charge is 0.449 e. The van der Waals surface area contributed by atoms with E-state index >= 15 is 0 Å². The summed E-state index contributed by atoms with van der Waals surface area (Å²) in [6, 6.07) is 16.7. The number of carbonyl (C=O) groups excluding carboxylic acids is 2. The smallest absolute Gasteiger partial charge is 0.409 e. The van der Waals surface area contributed by atoms with Crippen LogP contribution in [0.25, 0.3) is 43.6 Å². The second kappa shape index (κ2) is 7.49. The van der Waals surface area contributed by atoms with Crippen LogP contribution < -0.4 is 5.32 Å². The first kappa shape index (κ1) is 21.1. The van der Waals surface area contributed by atoms with Crippen LogP contribution in [0.5, 0.6) is 0 Å². The fourth-order valence-electron chi connectivity index (χ4n) is 6.86. The van der Waals surface area contributed by atoms with E-state index in [4.69, 9.17) is 4.74 Å². The molecule has 8 nitrogen and oxygen atoms in total. The Morgan fingerprint density at radius 3 is 2.27 bits per heavy atom. The molecule has 0 aliphatic carbocycles. The van der Waals surface area contributed by atoms with Gasteiger partial charge in [-0.25, -0.2) is 4.79 Å². The maximum Gasteiger partial charge on any atom is 0.409 e. The van der Waals surface area contributed by atoms with E-state index in [0.717, 1.165) is 54.7 Å². The van der Waals surface area contributed by atoms with Gasteiger partial charge in [0, 0.05) is 71.2 Å². The number of aliphatic hydroxyl groups excluding tert-OH is 1. The Morgan fingerprint density at radius 2 is 1.59 bits per heavy atom. The van der Waals surface area contributed by atoms with Crippen LogP contribution >= 0.6 is 0 Å². The first-order valence-corrected chi connectivity index (χ1v) is 12.9. The highest BCUT2D eigenvalue weighted by Crippen LogP contribution is 2.46. The minimum atomic E-state index is -0.474. The van der Waals surface area contributed by atoms with Crippen molar-refractivity contribution in [3.8, 4) is 0 Å². The van der Waals surface area contributed by atoms with Crippen LogP contribution in [0.3, 0.4) is 0 Å². The molecular formula is C29H26N4O4. The van der Waals surface area contributed by atoms with Crippen LogP contribution in [-0.4, -0.2) is 56.9 Å². The average Bonchev–Trinajstić information content (AvgIpc) is 3.64. The Morgan fingerprint density at radius 1 is 0.946 bits per heavy atom. The topological polar surface area (TPSA) is 88.7 Å². The zero-order valence-corrected chi connectivity index (χ0v) is 20.2. The van der Waals surface area contributed by atoms with Crippen molar-refractivity contribution in [1.29, 1.82) is 0 Å². The maximum atomic E-state index is 13.2. The van der Waals surface area contributed by atoms with Gasteiger partial charge in [-0.05, 0) is 24.1 Å². The van der Waals surface area contributed by atoms with Crippen LogP contribution in [-0.2, 0) is 24.4 Å². The van der Waals surface area contributed by atoms with E-state index < -0.39 is 6.10 Å². The van der Waals surface area contributed by atoms with Crippen LogP contribution in [0.2, 0.25) is 0 Å². The second-order valence-electron chi connectivity index (χ2n) is 10.6. The van der Waals surface area contributed by atoms with Crippen molar-refractivity contribution in [3.05, 3.63) is 59.7 Å². The lowest BCUT2D eigenvalue weighted by atomic mass is 9.97. The zero-order chi connectivity index (χ0) is 24.8. The molecule has 8 heteroatoms. The first-order valence-electron chi connectivity index (χ1n) is 12.9. The number of fused-ring (bicyclic) bond motifs is 9. The van der Waals surface area contributed by atoms with Crippen LogP contribution in [0.15, 0.2) is 48.5 Å². The molecule has 1 unspecified atom stereocenters. The van der Waals surface area contributed by atoms with Gasteiger partial charge in [0.25, 0.3) is 5.91 Å². The Hall–Kier alpha value is -4.04. The molecule has 3 aliphatic heterocycles. The third-order valence-corrected chi connectivity index (χ3v) is 8.42. The normalized spacial score (nSPS) is 20.9. The summed E-state index contributed by atoms with van der Waals surface area (Å²) in [7, 11) is 0. The first-order chi connectivity index (χ1) is 18.1. The predicted octanol–water partition coefficient (Wildman–Crippen LogP) is 3.98. The number of carbonyl (C=O) groups is 2. The molecular weight excluding hydrogens is 468 g/mol. The molecule has 3 aromatic carbocycles. The summed E-state index contributed by atoms with van der Waals surface area (Å²) < 4.78 is 10.5. The van der Waals surface area contributed by atoms with Gasteiger partial charge in [0.1, 0.15) is 0 Å². The quantitative estimate of drug-likeness (QED) is 0.389. The van der Waals surface area contributed by atoms with E-state index in [0.29, 0.717) is 39.1 Å². The molecule has 1 fully saturated rings. The van der Waals surface area contributed by atoms with Crippen molar-refractivity contribution in [3.63, 3.8) is 0 Å². The highest BCUT2D eigenvalue weighted by atomic mass is 16.6. The van der Waals surface area contributed by atoms with E-state index in [1.54, 1.807) is 4.90 Å². The van der Waals surface area contributed by atoms with Gasteiger partial charge in [-0.15, -0.1) is 0 Å². The summed E-state index contributed by atoms with van der Waals surface area (Å²) in [5.41, 5.74) is 6.31. The van der Waals surface area contributed by atoms with Crippen molar-refractivity contribution < 1.29 is 19.4 Å². The summed E-state index contributed by atoms with van der Waals surface area (Å²) in [6.45, 7) is 3.03. The lowest BCUT2D eigenvalue weighted by Gasteiger charge is -2.21. The standard InChI is InChI=1S/C29H26N4O4/c34-17-9-10-31(14-17)29(36)37-15-16-12-32-21-7-3-1-5-18(21)23-20-11-30-28(35)25(20)24-19-6-2-4-8-22(19)33(13-16)27(24)26(23)32/h1-8,16-17,34H,9-15H2,(H,30,35)/t16?,17-/m1/s1. The number of benzene rings is 3. The number of likely N-dealkylation sites (tertiary alicyclic amines) is 1. The molecule has 8 rings (SSSR count). The number of β-amino-alcohol motifs (C(OH)–C–C–N with tert-alkyl or cyclic N) is 1. The lowest BCUT2D eigenvalue weighted by molar-refractivity contribution is 0.0836. The maximum absolute atomic E-state index is 13.2. The summed E-state index contributed by atoms with van der Waals surface area (Å²) in [5.74, 6) is 0.0183. The number of rotatable bonds is 2. The highest BCUT2D eigenvalue weighted by molar-refractivity contribution is 6.30. The van der Waals surface area contributed by atoms with Gasteiger partial charge in [-0.3, -0.25) is 4.79 Å². The fraction of sp³-hybridized carbons (Fsp3) is 0.310. The van der Waals surface area contributed by atoms with E-state index in [1.807, 2.05) is 12.1 Å². The monoisotopic (exact) mass is 494 g/mol. The number of amides is 2. The van der Waals surface area contributed by atoms with Crippen LogP contribution in [0, 0.1) is 5.92 Å². The number of hydrogen-bond acceptors (Lipinski definition) is 4. The summed E-state index contributed by atoms with van der Waals surface area (Å²) in [4.78, 5) is 27.5. The molecule has 2 amide bonds. The van der Waals surface area contributed by atoms with E-state index in [2.05, 4.69) is 50.8 Å². The van der Waals surface area contributed by atoms with Crippen molar-refractivity contribution in [1.82, 2.24) is 19.4 Å².